The molecule has 2 aromatic heterocycles. The molecule has 4 nitrogen and oxygen atoms in total. The second kappa shape index (κ2) is 7.04. The molecule has 2 heterocycles. The summed E-state index contributed by atoms with van der Waals surface area (Å²) in [7, 11) is 1.77. The maximum atomic E-state index is 12.8. The molecule has 0 saturated carbocycles. The SMILES string of the molecule is Cc1nccc2c3cc(Cl)c(OCCCC(C)C)cc3c(=O)n(C)c12. The van der Waals surface area contributed by atoms with Crippen molar-refractivity contribution in [2.45, 2.75) is 33.6 Å². The smallest absolute Gasteiger partial charge is 0.258 e. The summed E-state index contributed by atoms with van der Waals surface area (Å²) in [4.78, 5) is 17.1. The highest BCUT2D eigenvalue weighted by Gasteiger charge is 2.14. The predicted octanol–water partition coefficient (Wildman–Crippen LogP) is 4.86. The van der Waals surface area contributed by atoms with Crippen LogP contribution in [0, 0.1) is 12.8 Å². The molecule has 0 N–H and O–H groups in total. The number of ether oxygens (including phenoxy) is 1. The Morgan fingerprint density at radius 2 is 2.00 bits per heavy atom. The van der Waals surface area contributed by atoms with Gasteiger partial charge >= 0.3 is 0 Å². The van der Waals surface area contributed by atoms with E-state index in [1.165, 1.54) is 0 Å². The van der Waals surface area contributed by atoms with Crippen LogP contribution < -0.4 is 10.3 Å². The van der Waals surface area contributed by atoms with E-state index in [0.29, 0.717) is 28.7 Å². The largest absolute Gasteiger partial charge is 0.492 e. The molecule has 0 unspecified atom stereocenters. The van der Waals surface area contributed by atoms with Gasteiger partial charge in [0.25, 0.3) is 5.56 Å². The van der Waals surface area contributed by atoms with Gasteiger partial charge in [0.15, 0.2) is 0 Å². The lowest BCUT2D eigenvalue weighted by molar-refractivity contribution is 0.298. The minimum Gasteiger partial charge on any atom is -0.492 e. The normalized spacial score (nSPS) is 11.6. The van der Waals surface area contributed by atoms with E-state index < -0.39 is 0 Å². The average molecular weight is 359 g/mol. The molecule has 5 heteroatoms. The number of fused-ring (bicyclic) bond motifs is 3. The summed E-state index contributed by atoms with van der Waals surface area (Å²) < 4.78 is 7.48. The molecule has 1 aromatic carbocycles. The van der Waals surface area contributed by atoms with E-state index in [-0.39, 0.29) is 5.56 Å². The highest BCUT2D eigenvalue weighted by atomic mass is 35.5. The van der Waals surface area contributed by atoms with E-state index in [9.17, 15) is 4.79 Å². The highest BCUT2D eigenvalue weighted by molar-refractivity contribution is 6.33. The van der Waals surface area contributed by atoms with Crippen molar-refractivity contribution in [3.05, 3.63) is 45.5 Å². The molecule has 3 aromatic rings. The van der Waals surface area contributed by atoms with Gasteiger partial charge in [-0.2, -0.15) is 0 Å². The van der Waals surface area contributed by atoms with Crippen molar-refractivity contribution < 1.29 is 4.74 Å². The zero-order chi connectivity index (χ0) is 18.1. The number of rotatable bonds is 5. The average Bonchev–Trinajstić information content (AvgIpc) is 2.57. The van der Waals surface area contributed by atoms with Crippen molar-refractivity contribution >= 4 is 33.3 Å². The van der Waals surface area contributed by atoms with Crippen molar-refractivity contribution in [2.75, 3.05) is 6.61 Å². The van der Waals surface area contributed by atoms with E-state index >= 15 is 0 Å². The fourth-order valence-corrected chi connectivity index (χ4v) is 3.44. The first-order valence-electron chi connectivity index (χ1n) is 8.60. The van der Waals surface area contributed by atoms with Crippen molar-refractivity contribution in [2.24, 2.45) is 13.0 Å². The van der Waals surface area contributed by atoms with Crippen molar-refractivity contribution in [1.82, 2.24) is 9.55 Å². The van der Waals surface area contributed by atoms with Crippen molar-refractivity contribution in [3.8, 4) is 5.75 Å². The Bertz CT molecular complexity index is 993. The number of aryl methyl sites for hydroxylation is 2. The number of benzene rings is 1. The van der Waals surface area contributed by atoms with Gasteiger partial charge < -0.3 is 9.30 Å². The lowest BCUT2D eigenvalue weighted by atomic mass is 10.1. The molecule has 3 rings (SSSR count). The third-order valence-electron chi connectivity index (χ3n) is 4.52. The Balaban J connectivity index is 2.10. The van der Waals surface area contributed by atoms with Gasteiger partial charge in [0.2, 0.25) is 0 Å². The highest BCUT2D eigenvalue weighted by Crippen LogP contribution is 2.33. The monoisotopic (exact) mass is 358 g/mol. The minimum absolute atomic E-state index is 0.0673. The summed E-state index contributed by atoms with van der Waals surface area (Å²) >= 11 is 6.43. The summed E-state index contributed by atoms with van der Waals surface area (Å²) in [6.45, 7) is 6.88. The number of pyridine rings is 2. The molecule has 25 heavy (non-hydrogen) atoms. The standard InChI is InChI=1S/C20H23ClN2O2/c1-12(2)6-5-9-25-18-11-16-15(10-17(18)21)14-7-8-22-13(3)19(14)23(4)20(16)24/h7-8,10-12H,5-6,9H2,1-4H3. The quantitative estimate of drug-likeness (QED) is 0.483. The second-order valence-corrected chi connectivity index (χ2v) is 7.28. The first-order chi connectivity index (χ1) is 11.9. The number of nitrogens with zero attached hydrogens (tertiary/aromatic N) is 2. The fourth-order valence-electron chi connectivity index (χ4n) is 3.22. The van der Waals surface area contributed by atoms with Crippen LogP contribution in [0.3, 0.4) is 0 Å². The molecule has 0 aliphatic heterocycles. The van der Waals surface area contributed by atoms with Crippen LogP contribution in [-0.2, 0) is 7.05 Å². The Morgan fingerprint density at radius 1 is 1.24 bits per heavy atom. The third kappa shape index (κ3) is 3.36. The molecule has 0 aliphatic carbocycles. The van der Waals surface area contributed by atoms with Gasteiger partial charge in [0.1, 0.15) is 5.75 Å². The minimum atomic E-state index is -0.0673. The molecule has 0 fully saturated rings. The Morgan fingerprint density at radius 3 is 2.72 bits per heavy atom. The number of aromatic nitrogens is 2. The molecular formula is C20H23ClN2O2. The first kappa shape index (κ1) is 17.7. The van der Waals surface area contributed by atoms with Gasteiger partial charge in [-0.3, -0.25) is 9.78 Å². The predicted molar refractivity (Wildman–Crippen MR) is 104 cm³/mol. The van der Waals surface area contributed by atoms with Crippen LogP contribution in [-0.4, -0.2) is 16.2 Å². The van der Waals surface area contributed by atoms with Crippen molar-refractivity contribution in [3.63, 3.8) is 0 Å². The zero-order valence-corrected chi connectivity index (χ0v) is 15.9. The van der Waals surface area contributed by atoms with Gasteiger partial charge in [-0.05, 0) is 49.3 Å². The van der Waals surface area contributed by atoms with E-state index in [1.54, 1.807) is 23.9 Å². The summed E-state index contributed by atoms with van der Waals surface area (Å²) in [5, 5.41) is 2.95. The molecule has 0 amide bonds. The molecule has 0 bridgehead atoms. The van der Waals surface area contributed by atoms with E-state index in [1.807, 2.05) is 19.1 Å². The van der Waals surface area contributed by atoms with Crippen molar-refractivity contribution in [1.29, 1.82) is 0 Å². The lowest BCUT2D eigenvalue weighted by Gasteiger charge is -2.14. The van der Waals surface area contributed by atoms with E-state index in [4.69, 9.17) is 16.3 Å². The summed E-state index contributed by atoms with van der Waals surface area (Å²) in [6, 6.07) is 5.52. The summed E-state index contributed by atoms with van der Waals surface area (Å²) in [5.41, 5.74) is 1.59. The zero-order valence-electron chi connectivity index (χ0n) is 15.1. The summed E-state index contributed by atoms with van der Waals surface area (Å²) in [5.74, 6) is 1.21. The lowest BCUT2D eigenvalue weighted by Crippen LogP contribution is -2.18. The topological polar surface area (TPSA) is 44.1 Å². The Labute approximate surface area is 152 Å². The van der Waals surface area contributed by atoms with Gasteiger partial charge in [-0.25, -0.2) is 0 Å². The number of hydrogen-bond acceptors (Lipinski definition) is 3. The van der Waals surface area contributed by atoms with Crippen LogP contribution in [0.5, 0.6) is 5.75 Å². The van der Waals surface area contributed by atoms with Crippen LogP contribution in [0.25, 0.3) is 21.7 Å². The third-order valence-corrected chi connectivity index (χ3v) is 4.82. The molecular weight excluding hydrogens is 336 g/mol. The second-order valence-electron chi connectivity index (χ2n) is 6.87. The van der Waals surface area contributed by atoms with E-state index in [2.05, 4.69) is 18.8 Å². The molecule has 0 atom stereocenters. The first-order valence-corrected chi connectivity index (χ1v) is 8.98. The molecule has 0 aliphatic rings. The maximum Gasteiger partial charge on any atom is 0.258 e. The fraction of sp³-hybridized carbons (Fsp3) is 0.400. The molecule has 132 valence electrons. The van der Waals surface area contributed by atoms with Gasteiger partial charge in [-0.1, -0.05) is 25.4 Å². The van der Waals surface area contributed by atoms with Crippen LogP contribution in [0.2, 0.25) is 5.02 Å². The Hall–Kier alpha value is -2.07. The van der Waals surface area contributed by atoms with Crippen LogP contribution in [0.15, 0.2) is 29.2 Å². The van der Waals surface area contributed by atoms with Gasteiger partial charge in [0, 0.05) is 18.6 Å². The summed E-state index contributed by atoms with van der Waals surface area (Å²) in [6.07, 6.45) is 3.82. The van der Waals surface area contributed by atoms with Crippen LogP contribution in [0.1, 0.15) is 32.4 Å². The maximum absolute atomic E-state index is 12.8. The van der Waals surface area contributed by atoms with Crippen LogP contribution >= 0.6 is 11.6 Å². The molecule has 0 spiro atoms. The number of halogens is 1. The molecule has 0 radical (unpaired) electrons. The number of hydrogen-bond donors (Lipinski definition) is 0. The Kier molecular flexibility index (Phi) is 5.00. The van der Waals surface area contributed by atoms with Gasteiger partial charge in [-0.15, -0.1) is 0 Å². The van der Waals surface area contributed by atoms with Crippen LogP contribution in [0.4, 0.5) is 0 Å². The van der Waals surface area contributed by atoms with E-state index in [0.717, 1.165) is 34.8 Å². The molecule has 0 saturated heterocycles. The van der Waals surface area contributed by atoms with Gasteiger partial charge in [0.05, 0.1) is 28.2 Å².